The van der Waals surface area contributed by atoms with Crippen molar-refractivity contribution in [2.24, 2.45) is 0 Å². The van der Waals surface area contributed by atoms with Crippen LogP contribution in [-0.2, 0) is 9.59 Å². The number of hydrogen-bond donors (Lipinski definition) is 2. The molecule has 0 bridgehead atoms. The Hall–Kier alpha value is -2.06. The Balaban J connectivity index is 1.61. The Kier molecular flexibility index (Phi) is 8.37. The molecule has 162 valence electrons. The molecule has 5 nitrogen and oxygen atoms in total. The predicted molar refractivity (Wildman–Crippen MR) is 131 cm³/mol. The van der Waals surface area contributed by atoms with Gasteiger partial charge in [0.25, 0.3) is 0 Å². The van der Waals surface area contributed by atoms with Crippen molar-refractivity contribution in [1.82, 2.24) is 4.98 Å². The van der Waals surface area contributed by atoms with Crippen LogP contribution in [0.25, 0.3) is 11.3 Å². The molecule has 2 aromatic carbocycles. The van der Waals surface area contributed by atoms with E-state index < -0.39 is 0 Å². The Bertz CT molecular complexity index is 1090. The zero-order valence-corrected chi connectivity index (χ0v) is 20.1. The first-order valence-corrected chi connectivity index (χ1v) is 12.2. The van der Waals surface area contributed by atoms with Crippen molar-refractivity contribution in [3.05, 3.63) is 57.9 Å². The van der Waals surface area contributed by atoms with Crippen molar-refractivity contribution in [2.75, 3.05) is 10.6 Å². The van der Waals surface area contributed by atoms with Gasteiger partial charge in [0.1, 0.15) is 0 Å². The second kappa shape index (κ2) is 11.0. The summed E-state index contributed by atoms with van der Waals surface area (Å²) in [6.45, 7) is 3.79. The van der Waals surface area contributed by atoms with Crippen LogP contribution < -0.4 is 10.6 Å². The van der Waals surface area contributed by atoms with Crippen LogP contribution in [0.5, 0.6) is 0 Å². The fourth-order valence-corrected chi connectivity index (χ4v) is 4.86. The summed E-state index contributed by atoms with van der Waals surface area (Å²) in [4.78, 5) is 29.8. The number of rotatable bonds is 8. The molecule has 1 atom stereocenters. The van der Waals surface area contributed by atoms with Gasteiger partial charge in [0.2, 0.25) is 11.8 Å². The largest absolute Gasteiger partial charge is 0.326 e. The first-order valence-electron chi connectivity index (χ1n) is 9.64. The summed E-state index contributed by atoms with van der Waals surface area (Å²) in [5.74, 6) is -0.177. The van der Waals surface area contributed by atoms with Gasteiger partial charge in [0.15, 0.2) is 5.13 Å². The van der Waals surface area contributed by atoms with Gasteiger partial charge >= 0.3 is 0 Å². The highest BCUT2D eigenvalue weighted by molar-refractivity contribution is 8.00. The molecule has 1 heterocycles. The highest BCUT2D eigenvalue weighted by Crippen LogP contribution is 2.33. The predicted octanol–water partition coefficient (Wildman–Crippen LogP) is 6.97. The van der Waals surface area contributed by atoms with E-state index in [1.807, 2.05) is 43.5 Å². The van der Waals surface area contributed by atoms with Gasteiger partial charge in [0, 0.05) is 33.0 Å². The van der Waals surface area contributed by atoms with Gasteiger partial charge in [-0.2, -0.15) is 0 Å². The second-order valence-electron chi connectivity index (χ2n) is 6.74. The van der Waals surface area contributed by atoms with Crippen LogP contribution in [0.3, 0.4) is 0 Å². The number of halogens is 2. The lowest BCUT2D eigenvalue weighted by Gasteiger charge is -2.12. The lowest BCUT2D eigenvalue weighted by atomic mass is 10.2. The van der Waals surface area contributed by atoms with E-state index in [9.17, 15) is 9.59 Å². The summed E-state index contributed by atoms with van der Waals surface area (Å²) >= 11 is 14.9. The average molecular weight is 494 g/mol. The fourth-order valence-electron chi connectivity index (χ4n) is 2.71. The monoisotopic (exact) mass is 493 g/mol. The van der Waals surface area contributed by atoms with E-state index in [2.05, 4.69) is 15.6 Å². The standard InChI is InChI=1S/C22H21Cl2N3O2S2/c1-3-5-20(28)25-15-6-4-7-16(11-15)31-13(2)21(29)27-22-26-19(12-30-22)17-9-8-14(23)10-18(17)24/h4,6-13H,3,5H2,1-2H3,(H,25,28)(H,26,27,29). The minimum Gasteiger partial charge on any atom is -0.326 e. The maximum Gasteiger partial charge on any atom is 0.239 e. The topological polar surface area (TPSA) is 71.1 Å². The van der Waals surface area contributed by atoms with Crippen LogP contribution in [0.15, 0.2) is 52.7 Å². The van der Waals surface area contributed by atoms with Crippen LogP contribution >= 0.6 is 46.3 Å². The molecule has 3 rings (SSSR count). The maximum atomic E-state index is 12.6. The zero-order chi connectivity index (χ0) is 22.4. The van der Waals surface area contributed by atoms with Crippen molar-refractivity contribution in [1.29, 1.82) is 0 Å². The fraction of sp³-hybridized carbons (Fsp3) is 0.227. The van der Waals surface area contributed by atoms with Gasteiger partial charge in [-0.15, -0.1) is 23.1 Å². The number of nitrogens with zero attached hydrogens (tertiary/aromatic N) is 1. The highest BCUT2D eigenvalue weighted by Gasteiger charge is 2.17. The molecule has 31 heavy (non-hydrogen) atoms. The third kappa shape index (κ3) is 6.71. The van der Waals surface area contributed by atoms with E-state index in [1.165, 1.54) is 23.1 Å². The van der Waals surface area contributed by atoms with Gasteiger partial charge in [0.05, 0.1) is 16.0 Å². The smallest absolute Gasteiger partial charge is 0.239 e. The maximum absolute atomic E-state index is 12.6. The second-order valence-corrected chi connectivity index (χ2v) is 9.85. The number of thiazole rings is 1. The van der Waals surface area contributed by atoms with E-state index in [0.717, 1.165) is 22.6 Å². The number of nitrogens with one attached hydrogen (secondary N) is 2. The molecule has 2 N–H and O–H groups in total. The quantitative estimate of drug-likeness (QED) is 0.332. The molecule has 1 aromatic heterocycles. The highest BCUT2D eigenvalue weighted by atomic mass is 35.5. The SMILES string of the molecule is CCCC(=O)Nc1cccc(SC(C)C(=O)Nc2nc(-c3ccc(Cl)cc3Cl)cs2)c1. The van der Waals surface area contributed by atoms with Gasteiger partial charge in [-0.05, 0) is 49.7 Å². The molecule has 3 aromatic rings. The average Bonchev–Trinajstić information content (AvgIpc) is 3.16. The van der Waals surface area contributed by atoms with Crippen molar-refractivity contribution < 1.29 is 9.59 Å². The Morgan fingerprint density at radius 2 is 1.97 bits per heavy atom. The molecule has 0 aliphatic rings. The van der Waals surface area contributed by atoms with Gasteiger partial charge in [-0.1, -0.05) is 36.2 Å². The van der Waals surface area contributed by atoms with Crippen molar-refractivity contribution >= 4 is 68.9 Å². The Labute approximate surface area is 199 Å². The van der Waals surface area contributed by atoms with Crippen LogP contribution in [0.1, 0.15) is 26.7 Å². The third-order valence-corrected chi connectivity index (χ3v) is 6.62. The first kappa shape index (κ1) is 23.6. The lowest BCUT2D eigenvalue weighted by Crippen LogP contribution is -2.22. The minimum absolute atomic E-state index is 0.0178. The number of aromatic nitrogens is 1. The zero-order valence-electron chi connectivity index (χ0n) is 16.9. The van der Waals surface area contributed by atoms with Gasteiger partial charge in [-0.3, -0.25) is 9.59 Å². The molecular formula is C22H21Cl2N3O2S2. The Morgan fingerprint density at radius 1 is 1.16 bits per heavy atom. The molecule has 1 unspecified atom stereocenters. The number of anilines is 2. The number of carbonyl (C=O) groups is 2. The van der Waals surface area contributed by atoms with Gasteiger partial charge < -0.3 is 10.6 Å². The van der Waals surface area contributed by atoms with Crippen LogP contribution in [-0.4, -0.2) is 22.0 Å². The molecule has 9 heteroatoms. The molecule has 0 saturated carbocycles. The van der Waals surface area contributed by atoms with Crippen molar-refractivity contribution in [3.8, 4) is 11.3 Å². The first-order chi connectivity index (χ1) is 14.9. The van der Waals surface area contributed by atoms with E-state index in [1.54, 1.807) is 18.2 Å². The Morgan fingerprint density at radius 3 is 2.71 bits per heavy atom. The molecular weight excluding hydrogens is 473 g/mol. The minimum atomic E-state index is -0.354. The summed E-state index contributed by atoms with van der Waals surface area (Å²) < 4.78 is 0. The summed E-state index contributed by atoms with van der Waals surface area (Å²) in [5, 5.41) is 8.77. The lowest BCUT2D eigenvalue weighted by molar-refractivity contribution is -0.116. The number of carbonyl (C=O) groups excluding carboxylic acids is 2. The summed E-state index contributed by atoms with van der Waals surface area (Å²) in [7, 11) is 0. The molecule has 0 fully saturated rings. The van der Waals surface area contributed by atoms with Crippen LogP contribution in [0.2, 0.25) is 10.0 Å². The van der Waals surface area contributed by atoms with E-state index >= 15 is 0 Å². The molecule has 2 amide bonds. The summed E-state index contributed by atoms with van der Waals surface area (Å²) in [6, 6.07) is 12.7. The van der Waals surface area contributed by atoms with Crippen LogP contribution in [0.4, 0.5) is 10.8 Å². The molecule has 0 aliphatic carbocycles. The number of thioether (sulfide) groups is 1. The van der Waals surface area contributed by atoms with Crippen molar-refractivity contribution in [3.63, 3.8) is 0 Å². The number of amides is 2. The third-order valence-electron chi connectivity index (χ3n) is 4.22. The summed E-state index contributed by atoms with van der Waals surface area (Å²) in [6.07, 6.45) is 1.27. The van der Waals surface area contributed by atoms with E-state index in [-0.39, 0.29) is 17.1 Å². The van der Waals surface area contributed by atoms with E-state index in [4.69, 9.17) is 23.2 Å². The normalized spacial score (nSPS) is 11.7. The summed E-state index contributed by atoms with van der Waals surface area (Å²) in [5.41, 5.74) is 2.16. The van der Waals surface area contributed by atoms with Gasteiger partial charge in [-0.25, -0.2) is 4.98 Å². The van der Waals surface area contributed by atoms with Crippen molar-refractivity contribution in [2.45, 2.75) is 36.8 Å². The molecule has 0 spiro atoms. The molecule has 0 saturated heterocycles. The number of hydrogen-bond acceptors (Lipinski definition) is 5. The molecule has 0 radical (unpaired) electrons. The molecule has 0 aliphatic heterocycles. The van der Waals surface area contributed by atoms with Crippen LogP contribution in [0, 0.1) is 0 Å². The van der Waals surface area contributed by atoms with E-state index in [0.29, 0.717) is 27.3 Å². The number of benzene rings is 2.